The van der Waals surface area contributed by atoms with Gasteiger partial charge in [-0.2, -0.15) is 0 Å². The van der Waals surface area contributed by atoms with Crippen LogP contribution in [0.1, 0.15) is 25.7 Å². The van der Waals surface area contributed by atoms with E-state index >= 15 is 0 Å². The van der Waals surface area contributed by atoms with Gasteiger partial charge in [-0.15, -0.1) is 0 Å². The SMILES string of the molecule is C1CCC1.O[B]O. The highest BCUT2D eigenvalue weighted by atomic mass is 16.4. The number of hydrogen-bond acceptors (Lipinski definition) is 2. The van der Waals surface area contributed by atoms with Crippen molar-refractivity contribution in [2.75, 3.05) is 0 Å². The first-order valence-corrected chi connectivity index (χ1v) is 2.52. The summed E-state index contributed by atoms with van der Waals surface area (Å²) in [5.41, 5.74) is 0. The van der Waals surface area contributed by atoms with Gasteiger partial charge >= 0.3 is 7.69 Å². The number of hydrogen-bond donors (Lipinski definition) is 2. The maximum Gasteiger partial charge on any atom is 0.482 e. The van der Waals surface area contributed by atoms with Crippen molar-refractivity contribution in [1.82, 2.24) is 0 Å². The van der Waals surface area contributed by atoms with Gasteiger partial charge in [0, 0.05) is 0 Å². The average Bonchev–Trinajstić information content (AvgIpc) is 1.27. The normalized spacial score (nSPS) is 15.7. The Morgan fingerprint density at radius 1 is 0.857 bits per heavy atom. The fourth-order valence-corrected chi connectivity index (χ4v) is 0.250. The van der Waals surface area contributed by atoms with Gasteiger partial charge in [0.05, 0.1) is 0 Å². The fourth-order valence-electron chi connectivity index (χ4n) is 0.250. The smallest absolute Gasteiger partial charge is 0.429 e. The molecular formula is C4H10BO2. The highest BCUT2D eigenvalue weighted by molar-refractivity contribution is 6.13. The van der Waals surface area contributed by atoms with E-state index in [-0.39, 0.29) is 7.69 Å². The molecule has 0 aliphatic heterocycles. The molecular weight excluding hydrogens is 90.9 g/mol. The monoisotopic (exact) mass is 101 g/mol. The molecule has 0 saturated heterocycles. The molecule has 7 heavy (non-hydrogen) atoms. The van der Waals surface area contributed by atoms with Crippen molar-refractivity contribution < 1.29 is 10.0 Å². The molecule has 1 radical (unpaired) electrons. The van der Waals surface area contributed by atoms with Crippen molar-refractivity contribution in [3.63, 3.8) is 0 Å². The van der Waals surface area contributed by atoms with Gasteiger partial charge in [0.25, 0.3) is 0 Å². The second-order valence-corrected chi connectivity index (χ2v) is 1.53. The second-order valence-electron chi connectivity index (χ2n) is 1.53. The molecule has 0 aromatic heterocycles. The molecule has 0 unspecified atom stereocenters. The van der Waals surface area contributed by atoms with Crippen molar-refractivity contribution in [2.45, 2.75) is 25.7 Å². The Morgan fingerprint density at radius 2 is 1.00 bits per heavy atom. The average molecular weight is 101 g/mol. The van der Waals surface area contributed by atoms with E-state index in [1.54, 1.807) is 0 Å². The van der Waals surface area contributed by atoms with Crippen molar-refractivity contribution in [3.05, 3.63) is 0 Å². The molecule has 0 aromatic carbocycles. The van der Waals surface area contributed by atoms with Crippen molar-refractivity contribution >= 4 is 7.69 Å². The van der Waals surface area contributed by atoms with Gasteiger partial charge in [-0.1, -0.05) is 25.7 Å². The summed E-state index contributed by atoms with van der Waals surface area (Å²) in [5.74, 6) is 0. The Morgan fingerprint density at radius 3 is 1.00 bits per heavy atom. The number of rotatable bonds is 0. The van der Waals surface area contributed by atoms with Crippen LogP contribution in [0.25, 0.3) is 0 Å². The summed E-state index contributed by atoms with van der Waals surface area (Å²) in [5, 5.41) is 14.0. The summed E-state index contributed by atoms with van der Waals surface area (Å²) >= 11 is 0. The molecule has 0 spiro atoms. The molecule has 1 aliphatic carbocycles. The molecule has 3 heteroatoms. The van der Waals surface area contributed by atoms with Gasteiger partial charge in [-0.3, -0.25) is 0 Å². The van der Waals surface area contributed by atoms with Crippen LogP contribution in [0.5, 0.6) is 0 Å². The molecule has 0 atom stereocenters. The summed E-state index contributed by atoms with van der Waals surface area (Å²) in [4.78, 5) is 0. The third kappa shape index (κ3) is 5.98. The van der Waals surface area contributed by atoms with Gasteiger partial charge < -0.3 is 10.0 Å². The molecule has 2 nitrogen and oxygen atoms in total. The van der Waals surface area contributed by atoms with E-state index in [1.165, 1.54) is 25.7 Å². The van der Waals surface area contributed by atoms with Crippen LogP contribution in [0.15, 0.2) is 0 Å². The minimum Gasteiger partial charge on any atom is -0.429 e. The molecule has 1 rings (SSSR count). The van der Waals surface area contributed by atoms with E-state index in [9.17, 15) is 0 Å². The van der Waals surface area contributed by atoms with Crippen LogP contribution in [-0.2, 0) is 0 Å². The van der Waals surface area contributed by atoms with E-state index in [1.807, 2.05) is 0 Å². The maximum atomic E-state index is 7.00. The Labute approximate surface area is 44.5 Å². The van der Waals surface area contributed by atoms with Gasteiger partial charge in [0.15, 0.2) is 0 Å². The van der Waals surface area contributed by atoms with E-state index in [2.05, 4.69) is 0 Å². The molecule has 0 amide bonds. The van der Waals surface area contributed by atoms with Crippen LogP contribution in [-0.4, -0.2) is 17.7 Å². The molecule has 0 bridgehead atoms. The highest BCUT2D eigenvalue weighted by Gasteiger charge is 1.95. The highest BCUT2D eigenvalue weighted by Crippen LogP contribution is 2.15. The van der Waals surface area contributed by atoms with Crippen LogP contribution in [0, 0.1) is 0 Å². The summed E-state index contributed by atoms with van der Waals surface area (Å²) in [6.45, 7) is 0. The zero-order chi connectivity index (χ0) is 5.54. The molecule has 1 fully saturated rings. The zero-order valence-electron chi connectivity index (χ0n) is 4.30. The predicted molar refractivity (Wildman–Crippen MR) is 28.7 cm³/mol. The Balaban J connectivity index is 0.000000110. The van der Waals surface area contributed by atoms with Crippen molar-refractivity contribution in [1.29, 1.82) is 0 Å². The molecule has 1 aliphatic rings. The van der Waals surface area contributed by atoms with Crippen LogP contribution in [0.3, 0.4) is 0 Å². The van der Waals surface area contributed by atoms with Crippen LogP contribution >= 0.6 is 0 Å². The minimum atomic E-state index is 0. The molecule has 2 N–H and O–H groups in total. The molecule has 41 valence electrons. The van der Waals surface area contributed by atoms with E-state index < -0.39 is 0 Å². The lowest BCUT2D eigenvalue weighted by molar-refractivity contribution is 0.448. The van der Waals surface area contributed by atoms with Gasteiger partial charge in [-0.05, 0) is 0 Å². The van der Waals surface area contributed by atoms with E-state index in [0.717, 1.165) is 0 Å². The van der Waals surface area contributed by atoms with Gasteiger partial charge in [0.2, 0.25) is 0 Å². The standard InChI is InChI=1S/C4H8.BH2O2/c1-2-4-3-1;2-1-3/h1-4H2;2-3H. The minimum absolute atomic E-state index is 0. The van der Waals surface area contributed by atoms with E-state index in [4.69, 9.17) is 10.0 Å². The lowest BCUT2D eigenvalue weighted by Gasteiger charge is -2.05. The summed E-state index contributed by atoms with van der Waals surface area (Å²) in [7, 11) is 0. The fraction of sp³-hybridized carbons (Fsp3) is 1.00. The lowest BCUT2D eigenvalue weighted by atomic mass is 10.0. The topological polar surface area (TPSA) is 40.5 Å². The third-order valence-electron chi connectivity index (χ3n) is 1.000. The molecule has 0 heterocycles. The van der Waals surface area contributed by atoms with Crippen molar-refractivity contribution in [2.24, 2.45) is 0 Å². The Kier molecular flexibility index (Phi) is 5.97. The maximum absolute atomic E-state index is 7.00. The van der Waals surface area contributed by atoms with E-state index in [0.29, 0.717) is 0 Å². The molecule has 0 aromatic rings. The lowest BCUT2D eigenvalue weighted by Crippen LogP contribution is -1.85. The van der Waals surface area contributed by atoms with Crippen LogP contribution in [0.2, 0.25) is 0 Å². The predicted octanol–water partition coefficient (Wildman–Crippen LogP) is 0.0656. The quantitative estimate of drug-likeness (QED) is 0.423. The van der Waals surface area contributed by atoms with Gasteiger partial charge in [-0.25, -0.2) is 0 Å². The first kappa shape index (κ1) is 6.98. The van der Waals surface area contributed by atoms with Gasteiger partial charge in [0.1, 0.15) is 0 Å². The largest absolute Gasteiger partial charge is 0.482 e. The Bertz CT molecular complexity index is 24.9. The zero-order valence-corrected chi connectivity index (χ0v) is 4.30. The second kappa shape index (κ2) is 5.98. The first-order valence-electron chi connectivity index (χ1n) is 2.52. The van der Waals surface area contributed by atoms with Crippen LogP contribution < -0.4 is 0 Å². The summed E-state index contributed by atoms with van der Waals surface area (Å²) in [6.07, 6.45) is 6.00. The first-order chi connectivity index (χ1) is 3.41. The molecule has 1 saturated carbocycles. The third-order valence-corrected chi connectivity index (χ3v) is 1.000. The Hall–Kier alpha value is -0.0151. The summed E-state index contributed by atoms with van der Waals surface area (Å²) < 4.78 is 0. The van der Waals surface area contributed by atoms with Crippen molar-refractivity contribution in [3.8, 4) is 0 Å². The summed E-state index contributed by atoms with van der Waals surface area (Å²) in [6, 6.07) is 0. The van der Waals surface area contributed by atoms with Crippen LogP contribution in [0.4, 0.5) is 0 Å².